The second-order valence-corrected chi connectivity index (χ2v) is 10.2. The third-order valence-corrected chi connectivity index (χ3v) is 6.67. The lowest BCUT2D eigenvalue weighted by Crippen LogP contribution is -2.43. The summed E-state index contributed by atoms with van der Waals surface area (Å²) in [5.41, 5.74) is 1.11. The molecule has 41 heavy (non-hydrogen) atoms. The van der Waals surface area contributed by atoms with Gasteiger partial charge >= 0.3 is 0 Å². The fourth-order valence-corrected chi connectivity index (χ4v) is 4.31. The lowest BCUT2D eigenvalue weighted by Gasteiger charge is -2.28. The van der Waals surface area contributed by atoms with Crippen LogP contribution < -0.4 is 5.43 Å². The van der Waals surface area contributed by atoms with Crippen molar-refractivity contribution in [3.05, 3.63) is 122 Å². The van der Waals surface area contributed by atoms with Gasteiger partial charge in [0.25, 0.3) is 11.6 Å². The molecular weight excluding hydrogens is 529 g/mol. The molecule has 0 bridgehead atoms. The van der Waals surface area contributed by atoms with Crippen molar-refractivity contribution in [1.82, 2.24) is 9.80 Å². The standard InChI is InChI=1S/C31H30FN3O6/c1-21(2)15-16-33(31(38)23-9-13-26(14-10-23)35(39)40)19-29(36)34(17-22-7-11-25(32)12-8-22)18-24-20-41-28-6-4-3-5-27(28)30(24)37/h3-14,20-21H,15-19H2,1-2H3. The van der Waals surface area contributed by atoms with Crippen molar-refractivity contribution >= 4 is 28.5 Å². The van der Waals surface area contributed by atoms with Crippen molar-refractivity contribution in [3.8, 4) is 0 Å². The Kier molecular flexibility index (Phi) is 9.23. The Labute approximate surface area is 236 Å². The Morgan fingerprint density at radius 3 is 2.29 bits per heavy atom. The molecule has 0 aliphatic carbocycles. The third-order valence-electron chi connectivity index (χ3n) is 6.67. The maximum atomic E-state index is 13.8. The van der Waals surface area contributed by atoms with Crippen LogP contribution in [0.2, 0.25) is 0 Å². The molecular formula is C31H30FN3O6. The number of carbonyl (C=O) groups excluding carboxylic acids is 2. The number of rotatable bonds is 11. The van der Waals surface area contributed by atoms with Crippen LogP contribution in [0.15, 0.2) is 88.3 Å². The highest BCUT2D eigenvalue weighted by Gasteiger charge is 2.24. The summed E-state index contributed by atoms with van der Waals surface area (Å²) in [7, 11) is 0. The molecule has 0 radical (unpaired) electrons. The molecule has 0 atom stereocenters. The molecule has 0 fully saturated rings. The van der Waals surface area contributed by atoms with Gasteiger partial charge in [-0.1, -0.05) is 38.1 Å². The predicted octanol–water partition coefficient (Wildman–Crippen LogP) is 5.56. The zero-order valence-electron chi connectivity index (χ0n) is 22.8. The Bertz CT molecular complexity index is 1600. The minimum atomic E-state index is -0.551. The first-order chi connectivity index (χ1) is 19.6. The predicted molar refractivity (Wildman–Crippen MR) is 152 cm³/mol. The first-order valence-corrected chi connectivity index (χ1v) is 13.2. The van der Waals surface area contributed by atoms with Gasteiger partial charge in [0.1, 0.15) is 17.9 Å². The van der Waals surface area contributed by atoms with E-state index in [0.29, 0.717) is 23.0 Å². The van der Waals surface area contributed by atoms with Gasteiger partial charge in [-0.3, -0.25) is 24.5 Å². The van der Waals surface area contributed by atoms with Gasteiger partial charge < -0.3 is 14.2 Å². The highest BCUT2D eigenvalue weighted by Crippen LogP contribution is 2.17. The van der Waals surface area contributed by atoms with Crippen LogP contribution in [0.4, 0.5) is 10.1 Å². The highest BCUT2D eigenvalue weighted by molar-refractivity contribution is 5.96. The Morgan fingerprint density at radius 2 is 1.63 bits per heavy atom. The number of nitro groups is 1. The summed E-state index contributed by atoms with van der Waals surface area (Å²) in [5, 5.41) is 11.4. The van der Waals surface area contributed by atoms with E-state index in [1.165, 1.54) is 52.5 Å². The number of hydrogen-bond donors (Lipinski definition) is 0. The number of nitrogens with zero attached hydrogens (tertiary/aromatic N) is 3. The minimum Gasteiger partial charge on any atom is -0.464 e. The fraction of sp³-hybridized carbons (Fsp3) is 0.258. The third kappa shape index (κ3) is 7.42. The van der Waals surface area contributed by atoms with Crippen LogP contribution in [0.5, 0.6) is 0 Å². The topological polar surface area (TPSA) is 114 Å². The zero-order valence-corrected chi connectivity index (χ0v) is 22.8. The number of fused-ring (bicyclic) bond motifs is 1. The molecule has 0 saturated carbocycles. The second-order valence-electron chi connectivity index (χ2n) is 10.2. The molecule has 9 nitrogen and oxygen atoms in total. The van der Waals surface area contributed by atoms with Crippen molar-refractivity contribution < 1.29 is 23.3 Å². The number of benzene rings is 3. The minimum absolute atomic E-state index is 0.0646. The molecule has 4 aromatic rings. The van der Waals surface area contributed by atoms with Crippen molar-refractivity contribution in [2.45, 2.75) is 33.4 Å². The van der Waals surface area contributed by atoms with Crippen LogP contribution >= 0.6 is 0 Å². The number of para-hydroxylation sites is 1. The number of hydrogen-bond acceptors (Lipinski definition) is 6. The van der Waals surface area contributed by atoms with Gasteiger partial charge in [-0.15, -0.1) is 0 Å². The average Bonchev–Trinajstić information content (AvgIpc) is 2.97. The summed E-state index contributed by atoms with van der Waals surface area (Å²) in [5.74, 6) is -1.05. The van der Waals surface area contributed by atoms with E-state index >= 15 is 0 Å². The van der Waals surface area contributed by atoms with Crippen molar-refractivity contribution in [2.75, 3.05) is 13.1 Å². The SMILES string of the molecule is CC(C)CCN(CC(=O)N(Cc1ccc(F)cc1)Cc1coc2ccccc2c1=O)C(=O)c1ccc([N+](=O)[O-])cc1. The van der Waals surface area contributed by atoms with Gasteiger partial charge in [0.15, 0.2) is 5.43 Å². The highest BCUT2D eigenvalue weighted by atomic mass is 19.1. The summed E-state index contributed by atoms with van der Waals surface area (Å²) in [6.45, 7) is 3.96. The fourth-order valence-electron chi connectivity index (χ4n) is 4.31. The summed E-state index contributed by atoms with van der Waals surface area (Å²) < 4.78 is 19.2. The molecule has 1 heterocycles. The maximum absolute atomic E-state index is 13.8. The lowest BCUT2D eigenvalue weighted by atomic mass is 10.1. The summed E-state index contributed by atoms with van der Waals surface area (Å²) in [6.07, 6.45) is 1.95. The van der Waals surface area contributed by atoms with E-state index in [2.05, 4.69) is 0 Å². The van der Waals surface area contributed by atoms with Crippen LogP contribution in [0.1, 0.15) is 41.8 Å². The molecule has 2 amide bonds. The van der Waals surface area contributed by atoms with E-state index in [1.54, 1.807) is 36.4 Å². The molecule has 0 spiro atoms. The molecule has 1 aromatic heterocycles. The number of carbonyl (C=O) groups is 2. The molecule has 10 heteroatoms. The molecule has 0 N–H and O–H groups in total. The number of amides is 2. The van der Waals surface area contributed by atoms with E-state index in [4.69, 9.17) is 4.42 Å². The van der Waals surface area contributed by atoms with Gasteiger partial charge in [-0.2, -0.15) is 0 Å². The molecule has 0 aliphatic rings. The summed E-state index contributed by atoms with van der Waals surface area (Å²) >= 11 is 0. The van der Waals surface area contributed by atoms with Gasteiger partial charge in [-0.25, -0.2) is 4.39 Å². The van der Waals surface area contributed by atoms with E-state index in [-0.39, 0.29) is 54.3 Å². The first kappa shape index (κ1) is 29.1. The van der Waals surface area contributed by atoms with Gasteiger partial charge in [0, 0.05) is 30.8 Å². The first-order valence-electron chi connectivity index (χ1n) is 13.2. The quantitative estimate of drug-likeness (QED) is 0.176. The monoisotopic (exact) mass is 559 g/mol. The number of non-ortho nitro benzene ring substituents is 1. The Hall–Kier alpha value is -4.86. The molecule has 212 valence electrons. The van der Waals surface area contributed by atoms with Gasteiger partial charge in [-0.05, 0) is 54.3 Å². The van der Waals surface area contributed by atoms with Crippen LogP contribution in [0.3, 0.4) is 0 Å². The van der Waals surface area contributed by atoms with Crippen LogP contribution in [-0.4, -0.2) is 39.6 Å². The molecule has 0 aliphatic heterocycles. The van der Waals surface area contributed by atoms with Crippen molar-refractivity contribution in [2.24, 2.45) is 5.92 Å². The van der Waals surface area contributed by atoms with Crippen molar-refractivity contribution in [1.29, 1.82) is 0 Å². The van der Waals surface area contributed by atoms with E-state index in [9.17, 15) is 28.9 Å². The molecule has 4 rings (SSSR count). The largest absolute Gasteiger partial charge is 0.464 e. The average molecular weight is 560 g/mol. The smallest absolute Gasteiger partial charge is 0.269 e. The summed E-state index contributed by atoms with van der Waals surface area (Å²) in [4.78, 5) is 53.7. The molecule has 0 saturated heterocycles. The van der Waals surface area contributed by atoms with Gasteiger partial charge in [0.05, 0.1) is 28.7 Å². The Balaban J connectivity index is 1.63. The molecule has 3 aromatic carbocycles. The van der Waals surface area contributed by atoms with Crippen LogP contribution in [0.25, 0.3) is 11.0 Å². The second kappa shape index (κ2) is 13.0. The zero-order chi connectivity index (χ0) is 29.5. The Morgan fingerprint density at radius 1 is 0.951 bits per heavy atom. The maximum Gasteiger partial charge on any atom is 0.269 e. The van der Waals surface area contributed by atoms with Crippen LogP contribution in [0, 0.1) is 21.8 Å². The normalized spacial score (nSPS) is 11.0. The number of nitro benzene ring substituents is 1. The van der Waals surface area contributed by atoms with Crippen molar-refractivity contribution in [3.63, 3.8) is 0 Å². The molecule has 0 unspecified atom stereocenters. The summed E-state index contributed by atoms with van der Waals surface area (Å²) in [6, 6.07) is 17.7. The van der Waals surface area contributed by atoms with E-state index in [0.717, 1.165) is 0 Å². The number of halogens is 1. The van der Waals surface area contributed by atoms with Gasteiger partial charge in [0.2, 0.25) is 5.91 Å². The lowest BCUT2D eigenvalue weighted by molar-refractivity contribution is -0.384. The van der Waals surface area contributed by atoms with E-state index in [1.807, 2.05) is 13.8 Å². The van der Waals surface area contributed by atoms with E-state index < -0.39 is 22.6 Å². The van der Waals surface area contributed by atoms with Crippen LogP contribution in [-0.2, 0) is 17.9 Å².